The molecule has 0 spiro atoms. The van der Waals surface area contributed by atoms with Gasteiger partial charge >= 0.3 is 7.12 Å². The standard InChI is InChI=1S/C24H44BNO3/c1-2-3-4-5-6-7-8-9-10-11-12-13-14-15-19-24(27)21-26-23-18-16-17-22(20-23)25(28)29/h16-18,20,24,26-29H,2-15,19,21H2,1H3. The van der Waals surface area contributed by atoms with Crippen LogP contribution in [0.25, 0.3) is 0 Å². The molecule has 29 heavy (non-hydrogen) atoms. The lowest BCUT2D eigenvalue weighted by Crippen LogP contribution is -2.30. The maximum atomic E-state index is 10.1. The molecular formula is C24H44BNO3. The van der Waals surface area contributed by atoms with Crippen LogP contribution in [-0.4, -0.2) is 34.9 Å². The molecule has 0 amide bonds. The Morgan fingerprint density at radius 3 is 1.83 bits per heavy atom. The highest BCUT2D eigenvalue weighted by Crippen LogP contribution is 2.14. The molecule has 4 nitrogen and oxygen atoms in total. The highest BCUT2D eigenvalue weighted by Gasteiger charge is 2.11. The Bertz CT molecular complexity index is 499. The number of unbranched alkanes of at least 4 members (excludes halogenated alkanes) is 13. The lowest BCUT2D eigenvalue weighted by atomic mass is 9.80. The van der Waals surface area contributed by atoms with E-state index in [0.717, 1.165) is 18.5 Å². The molecule has 0 aliphatic carbocycles. The number of aliphatic hydroxyl groups excluding tert-OH is 1. The number of nitrogens with one attached hydrogen (secondary N) is 1. The van der Waals surface area contributed by atoms with Crippen molar-refractivity contribution in [3.63, 3.8) is 0 Å². The van der Waals surface area contributed by atoms with Crippen molar-refractivity contribution in [3.8, 4) is 0 Å². The Morgan fingerprint density at radius 2 is 1.31 bits per heavy atom. The first kappa shape index (κ1) is 26.0. The first-order valence-electron chi connectivity index (χ1n) is 12.0. The molecule has 0 bridgehead atoms. The van der Waals surface area contributed by atoms with Crippen LogP contribution in [0.15, 0.2) is 24.3 Å². The SMILES string of the molecule is CCCCCCCCCCCCCCCCC(O)CNc1cccc(B(O)O)c1. The molecule has 4 N–H and O–H groups in total. The molecule has 0 aliphatic heterocycles. The van der Waals surface area contributed by atoms with Gasteiger partial charge in [0.05, 0.1) is 6.10 Å². The third-order valence-corrected chi connectivity index (χ3v) is 5.62. The maximum absolute atomic E-state index is 10.1. The molecule has 1 aromatic carbocycles. The number of anilines is 1. The van der Waals surface area contributed by atoms with E-state index in [2.05, 4.69) is 12.2 Å². The van der Waals surface area contributed by atoms with Crippen LogP contribution in [-0.2, 0) is 0 Å². The van der Waals surface area contributed by atoms with E-state index >= 15 is 0 Å². The molecule has 0 radical (unpaired) electrons. The van der Waals surface area contributed by atoms with Crippen molar-refractivity contribution in [3.05, 3.63) is 24.3 Å². The Balaban J connectivity index is 1.89. The Morgan fingerprint density at radius 1 is 0.793 bits per heavy atom. The van der Waals surface area contributed by atoms with Crippen molar-refractivity contribution in [2.24, 2.45) is 0 Å². The number of hydrogen-bond donors (Lipinski definition) is 4. The third kappa shape index (κ3) is 14.6. The Kier molecular flexibility index (Phi) is 16.0. The molecule has 0 aliphatic rings. The van der Waals surface area contributed by atoms with Gasteiger partial charge in [0, 0.05) is 12.2 Å². The van der Waals surface area contributed by atoms with Gasteiger partial charge in [-0.25, -0.2) is 0 Å². The third-order valence-electron chi connectivity index (χ3n) is 5.62. The normalized spacial score (nSPS) is 12.1. The summed E-state index contributed by atoms with van der Waals surface area (Å²) in [6.45, 7) is 2.76. The minimum atomic E-state index is -1.46. The predicted molar refractivity (Wildman–Crippen MR) is 126 cm³/mol. The number of rotatable bonds is 19. The van der Waals surface area contributed by atoms with Crippen LogP contribution in [0.5, 0.6) is 0 Å². The van der Waals surface area contributed by atoms with Gasteiger partial charge in [-0.3, -0.25) is 0 Å². The van der Waals surface area contributed by atoms with Gasteiger partial charge in [-0.05, 0) is 24.0 Å². The van der Waals surface area contributed by atoms with Crippen molar-refractivity contribution < 1.29 is 15.2 Å². The molecule has 166 valence electrons. The predicted octanol–water partition coefficient (Wildman–Crippen LogP) is 5.01. The van der Waals surface area contributed by atoms with Gasteiger partial charge < -0.3 is 20.5 Å². The molecule has 0 aromatic heterocycles. The van der Waals surface area contributed by atoms with Crippen LogP contribution in [0.3, 0.4) is 0 Å². The van der Waals surface area contributed by atoms with E-state index < -0.39 is 7.12 Å². The molecule has 5 heteroatoms. The largest absolute Gasteiger partial charge is 0.488 e. The van der Waals surface area contributed by atoms with Gasteiger partial charge in [-0.15, -0.1) is 0 Å². The van der Waals surface area contributed by atoms with Crippen LogP contribution in [0.4, 0.5) is 5.69 Å². The first-order chi connectivity index (χ1) is 14.1. The van der Waals surface area contributed by atoms with Crippen LogP contribution in [0, 0.1) is 0 Å². The molecular weight excluding hydrogens is 361 g/mol. The van der Waals surface area contributed by atoms with E-state index in [-0.39, 0.29) is 6.10 Å². The van der Waals surface area contributed by atoms with Crippen molar-refractivity contribution in [2.75, 3.05) is 11.9 Å². The van der Waals surface area contributed by atoms with E-state index in [4.69, 9.17) is 0 Å². The number of hydrogen-bond acceptors (Lipinski definition) is 4. The molecule has 1 unspecified atom stereocenters. The Hall–Kier alpha value is -1.04. The summed E-state index contributed by atoms with van der Waals surface area (Å²) in [5.74, 6) is 0. The van der Waals surface area contributed by atoms with Crippen LogP contribution < -0.4 is 10.8 Å². The van der Waals surface area contributed by atoms with E-state index in [9.17, 15) is 15.2 Å². The smallest absolute Gasteiger partial charge is 0.423 e. The van der Waals surface area contributed by atoms with E-state index in [0.29, 0.717) is 12.0 Å². The van der Waals surface area contributed by atoms with Crippen LogP contribution in [0.2, 0.25) is 0 Å². The van der Waals surface area contributed by atoms with Gasteiger partial charge in [-0.1, -0.05) is 109 Å². The maximum Gasteiger partial charge on any atom is 0.488 e. The minimum absolute atomic E-state index is 0.366. The Labute approximate surface area is 179 Å². The zero-order valence-corrected chi connectivity index (χ0v) is 18.6. The summed E-state index contributed by atoms with van der Waals surface area (Å²) in [4.78, 5) is 0. The van der Waals surface area contributed by atoms with Gasteiger partial charge in [-0.2, -0.15) is 0 Å². The summed E-state index contributed by atoms with van der Waals surface area (Å²) in [5, 5.41) is 31.7. The van der Waals surface area contributed by atoms with Crippen molar-refractivity contribution in [2.45, 2.75) is 109 Å². The van der Waals surface area contributed by atoms with Gasteiger partial charge in [0.1, 0.15) is 0 Å². The molecule has 0 saturated carbocycles. The second kappa shape index (κ2) is 17.8. The fraction of sp³-hybridized carbons (Fsp3) is 0.750. The summed E-state index contributed by atoms with van der Waals surface area (Å²) in [6.07, 6.45) is 19.3. The second-order valence-electron chi connectivity index (χ2n) is 8.42. The van der Waals surface area contributed by atoms with Crippen molar-refractivity contribution in [1.29, 1.82) is 0 Å². The molecule has 1 rings (SSSR count). The average Bonchev–Trinajstić information content (AvgIpc) is 2.72. The molecule has 0 fully saturated rings. The summed E-state index contributed by atoms with van der Waals surface area (Å²) in [6, 6.07) is 7.01. The zero-order valence-electron chi connectivity index (χ0n) is 18.6. The second-order valence-corrected chi connectivity index (χ2v) is 8.42. The molecule has 0 saturated heterocycles. The van der Waals surface area contributed by atoms with Crippen LogP contribution >= 0.6 is 0 Å². The fourth-order valence-corrected chi connectivity index (χ4v) is 3.72. The van der Waals surface area contributed by atoms with E-state index in [1.165, 1.54) is 83.5 Å². The van der Waals surface area contributed by atoms with Crippen LogP contribution in [0.1, 0.15) is 103 Å². The fourth-order valence-electron chi connectivity index (χ4n) is 3.72. The van der Waals surface area contributed by atoms with Gasteiger partial charge in [0.2, 0.25) is 0 Å². The van der Waals surface area contributed by atoms with Crippen molar-refractivity contribution in [1.82, 2.24) is 0 Å². The minimum Gasteiger partial charge on any atom is -0.423 e. The summed E-state index contributed by atoms with van der Waals surface area (Å²) >= 11 is 0. The molecule has 1 atom stereocenters. The molecule has 0 heterocycles. The van der Waals surface area contributed by atoms with Gasteiger partial charge in [0.15, 0.2) is 0 Å². The quantitative estimate of drug-likeness (QED) is 0.193. The lowest BCUT2D eigenvalue weighted by molar-refractivity contribution is 0.173. The lowest BCUT2D eigenvalue weighted by Gasteiger charge is -2.13. The summed E-state index contributed by atoms with van der Waals surface area (Å²) in [7, 11) is -1.46. The van der Waals surface area contributed by atoms with Crippen molar-refractivity contribution >= 4 is 18.3 Å². The number of benzene rings is 1. The number of aliphatic hydroxyl groups is 1. The summed E-state index contributed by atoms with van der Waals surface area (Å²) < 4.78 is 0. The molecule has 1 aromatic rings. The monoisotopic (exact) mass is 405 g/mol. The average molecular weight is 405 g/mol. The van der Waals surface area contributed by atoms with Gasteiger partial charge in [0.25, 0.3) is 0 Å². The topological polar surface area (TPSA) is 72.7 Å². The highest BCUT2D eigenvalue weighted by atomic mass is 16.4. The first-order valence-corrected chi connectivity index (χ1v) is 12.0. The van der Waals surface area contributed by atoms with E-state index in [1.807, 2.05) is 6.07 Å². The van der Waals surface area contributed by atoms with E-state index in [1.54, 1.807) is 18.2 Å². The highest BCUT2D eigenvalue weighted by molar-refractivity contribution is 6.58. The summed E-state index contributed by atoms with van der Waals surface area (Å²) in [5.41, 5.74) is 1.26. The zero-order chi connectivity index (χ0) is 21.2.